The van der Waals surface area contributed by atoms with E-state index in [4.69, 9.17) is 0 Å². The molecule has 0 fully saturated rings. The normalized spacial score (nSPS) is 10.8. The molecule has 2 rings (SSSR count). The first-order valence-electron chi connectivity index (χ1n) is 7.43. The van der Waals surface area contributed by atoms with Gasteiger partial charge in [0.25, 0.3) is 0 Å². The van der Waals surface area contributed by atoms with Crippen LogP contribution in [0.25, 0.3) is 0 Å². The summed E-state index contributed by atoms with van der Waals surface area (Å²) in [5.74, 6) is -0.259. The SMILES string of the molecule is Cc1cc(I)ccc1NC(=O)CN(C)CCc1ccc(F)cc1. The van der Waals surface area contributed by atoms with Gasteiger partial charge >= 0.3 is 0 Å². The van der Waals surface area contributed by atoms with Gasteiger partial charge in [-0.15, -0.1) is 0 Å². The molecule has 1 N–H and O–H groups in total. The molecule has 0 radical (unpaired) electrons. The molecule has 0 aliphatic rings. The molecule has 0 saturated heterocycles. The molecule has 0 aliphatic heterocycles. The van der Waals surface area contributed by atoms with Crippen molar-refractivity contribution in [1.29, 1.82) is 0 Å². The van der Waals surface area contributed by atoms with Gasteiger partial charge in [-0.1, -0.05) is 12.1 Å². The summed E-state index contributed by atoms with van der Waals surface area (Å²) in [7, 11) is 1.91. The van der Waals surface area contributed by atoms with Gasteiger partial charge in [0.15, 0.2) is 0 Å². The third-order valence-electron chi connectivity index (χ3n) is 3.57. The Hall–Kier alpha value is -1.47. The summed E-state index contributed by atoms with van der Waals surface area (Å²) >= 11 is 2.25. The molecule has 0 bridgehead atoms. The van der Waals surface area contributed by atoms with Crippen molar-refractivity contribution in [2.75, 3.05) is 25.5 Å². The van der Waals surface area contributed by atoms with Gasteiger partial charge in [-0.05, 0) is 84.4 Å². The van der Waals surface area contributed by atoms with Crippen LogP contribution < -0.4 is 5.32 Å². The van der Waals surface area contributed by atoms with Gasteiger partial charge in [0, 0.05) is 15.8 Å². The molecular formula is C18H20FIN2O. The standard InChI is InChI=1S/C18H20FIN2O/c1-13-11-16(20)7-8-17(13)21-18(23)12-22(2)10-9-14-3-5-15(19)6-4-14/h3-8,11H,9-10,12H2,1-2H3,(H,21,23). The lowest BCUT2D eigenvalue weighted by Gasteiger charge is -2.17. The predicted octanol–water partition coefficient (Wildman–Crippen LogP) is 3.85. The zero-order valence-electron chi connectivity index (χ0n) is 13.3. The molecule has 2 aromatic carbocycles. The van der Waals surface area contributed by atoms with Crippen molar-refractivity contribution in [3.8, 4) is 0 Å². The first-order chi connectivity index (χ1) is 10.9. The molecule has 0 unspecified atom stereocenters. The van der Waals surface area contributed by atoms with Crippen molar-refractivity contribution in [3.05, 3.63) is 63.0 Å². The highest BCUT2D eigenvalue weighted by molar-refractivity contribution is 14.1. The van der Waals surface area contributed by atoms with Crippen molar-refractivity contribution >= 4 is 34.2 Å². The van der Waals surface area contributed by atoms with Gasteiger partial charge in [-0.3, -0.25) is 9.69 Å². The van der Waals surface area contributed by atoms with E-state index < -0.39 is 0 Å². The molecule has 0 heterocycles. The maximum absolute atomic E-state index is 12.9. The van der Waals surface area contributed by atoms with Crippen molar-refractivity contribution in [2.24, 2.45) is 0 Å². The fourth-order valence-corrected chi connectivity index (χ4v) is 2.90. The Bertz CT molecular complexity index is 673. The Balaban J connectivity index is 1.81. The summed E-state index contributed by atoms with van der Waals surface area (Å²) in [5, 5.41) is 2.94. The number of likely N-dealkylation sites (N-methyl/N-ethyl adjacent to an activating group) is 1. The van der Waals surface area contributed by atoms with Gasteiger partial charge in [0.05, 0.1) is 6.54 Å². The largest absolute Gasteiger partial charge is 0.325 e. The molecule has 0 atom stereocenters. The zero-order chi connectivity index (χ0) is 16.8. The number of aryl methyl sites for hydroxylation is 1. The highest BCUT2D eigenvalue weighted by atomic mass is 127. The van der Waals surface area contributed by atoms with E-state index in [1.165, 1.54) is 12.1 Å². The Morgan fingerprint density at radius 1 is 1.22 bits per heavy atom. The van der Waals surface area contributed by atoms with E-state index in [0.29, 0.717) is 6.54 Å². The van der Waals surface area contributed by atoms with E-state index in [9.17, 15) is 9.18 Å². The van der Waals surface area contributed by atoms with Crippen molar-refractivity contribution in [3.63, 3.8) is 0 Å². The van der Waals surface area contributed by atoms with E-state index in [-0.39, 0.29) is 11.7 Å². The molecule has 23 heavy (non-hydrogen) atoms. The summed E-state index contributed by atoms with van der Waals surface area (Å²) < 4.78 is 14.0. The van der Waals surface area contributed by atoms with Crippen LogP contribution in [0, 0.1) is 16.3 Å². The molecule has 0 aromatic heterocycles. The number of anilines is 1. The molecule has 122 valence electrons. The summed E-state index contributed by atoms with van der Waals surface area (Å²) in [5.41, 5.74) is 2.97. The van der Waals surface area contributed by atoms with Crippen LogP contribution in [0.3, 0.4) is 0 Å². The number of carbonyl (C=O) groups is 1. The zero-order valence-corrected chi connectivity index (χ0v) is 15.4. The van der Waals surface area contributed by atoms with Crippen LogP contribution in [0.1, 0.15) is 11.1 Å². The number of carbonyl (C=O) groups excluding carboxylic acids is 1. The molecule has 5 heteroatoms. The van der Waals surface area contributed by atoms with Crippen LogP contribution in [0.2, 0.25) is 0 Å². The molecule has 0 aliphatic carbocycles. The van der Waals surface area contributed by atoms with Gasteiger partial charge in [-0.2, -0.15) is 0 Å². The number of nitrogens with zero attached hydrogens (tertiary/aromatic N) is 1. The summed E-state index contributed by atoms with van der Waals surface area (Å²) in [6.07, 6.45) is 0.784. The van der Waals surface area contributed by atoms with Crippen LogP contribution in [0.5, 0.6) is 0 Å². The number of hydrogen-bond acceptors (Lipinski definition) is 2. The fraction of sp³-hybridized carbons (Fsp3) is 0.278. The van der Waals surface area contributed by atoms with Crippen LogP contribution in [-0.2, 0) is 11.2 Å². The molecule has 1 amide bonds. The van der Waals surface area contributed by atoms with E-state index in [0.717, 1.165) is 33.4 Å². The third-order valence-corrected chi connectivity index (χ3v) is 4.24. The summed E-state index contributed by atoms with van der Waals surface area (Å²) in [6, 6.07) is 12.4. The fourth-order valence-electron chi connectivity index (χ4n) is 2.25. The van der Waals surface area contributed by atoms with E-state index in [2.05, 4.69) is 27.9 Å². The number of hydrogen-bond donors (Lipinski definition) is 1. The topological polar surface area (TPSA) is 32.3 Å². The first kappa shape index (κ1) is 17.9. The highest BCUT2D eigenvalue weighted by Crippen LogP contribution is 2.17. The maximum Gasteiger partial charge on any atom is 0.238 e. The quantitative estimate of drug-likeness (QED) is 0.712. The van der Waals surface area contributed by atoms with Crippen molar-refractivity contribution in [2.45, 2.75) is 13.3 Å². The molecular weight excluding hydrogens is 406 g/mol. The number of rotatable bonds is 6. The second kappa shape index (κ2) is 8.40. The number of benzene rings is 2. The Kier molecular flexibility index (Phi) is 6.53. The minimum absolute atomic E-state index is 0.0316. The molecule has 0 spiro atoms. The Morgan fingerprint density at radius 2 is 1.91 bits per heavy atom. The lowest BCUT2D eigenvalue weighted by molar-refractivity contribution is -0.117. The molecule has 3 nitrogen and oxygen atoms in total. The average molecular weight is 426 g/mol. The first-order valence-corrected chi connectivity index (χ1v) is 8.51. The second-order valence-corrected chi connectivity index (χ2v) is 6.87. The lowest BCUT2D eigenvalue weighted by atomic mass is 10.1. The smallest absolute Gasteiger partial charge is 0.238 e. The number of amides is 1. The van der Waals surface area contributed by atoms with Crippen LogP contribution in [0.15, 0.2) is 42.5 Å². The second-order valence-electron chi connectivity index (χ2n) is 5.62. The van der Waals surface area contributed by atoms with Gasteiger partial charge < -0.3 is 5.32 Å². The Morgan fingerprint density at radius 3 is 2.57 bits per heavy atom. The average Bonchev–Trinajstić information content (AvgIpc) is 2.49. The number of halogens is 2. The van der Waals surface area contributed by atoms with E-state index >= 15 is 0 Å². The summed E-state index contributed by atoms with van der Waals surface area (Å²) in [4.78, 5) is 14.1. The van der Waals surface area contributed by atoms with Gasteiger partial charge in [0.2, 0.25) is 5.91 Å². The van der Waals surface area contributed by atoms with Crippen LogP contribution >= 0.6 is 22.6 Å². The summed E-state index contributed by atoms with van der Waals surface area (Å²) in [6.45, 7) is 3.05. The molecule has 0 saturated carbocycles. The Labute approximate surface area is 150 Å². The monoisotopic (exact) mass is 426 g/mol. The van der Waals surface area contributed by atoms with E-state index in [1.54, 1.807) is 12.1 Å². The molecule has 2 aromatic rings. The van der Waals surface area contributed by atoms with Crippen molar-refractivity contribution < 1.29 is 9.18 Å². The van der Waals surface area contributed by atoms with Gasteiger partial charge in [-0.25, -0.2) is 4.39 Å². The minimum atomic E-state index is -0.227. The van der Waals surface area contributed by atoms with Gasteiger partial charge in [0.1, 0.15) is 5.82 Å². The third kappa shape index (κ3) is 5.91. The maximum atomic E-state index is 12.9. The van der Waals surface area contributed by atoms with Crippen LogP contribution in [-0.4, -0.2) is 30.9 Å². The predicted molar refractivity (Wildman–Crippen MR) is 100 cm³/mol. The lowest BCUT2D eigenvalue weighted by Crippen LogP contribution is -2.31. The van der Waals surface area contributed by atoms with Crippen LogP contribution in [0.4, 0.5) is 10.1 Å². The van der Waals surface area contributed by atoms with E-state index in [1.807, 2.05) is 37.1 Å². The number of nitrogens with one attached hydrogen (secondary N) is 1. The minimum Gasteiger partial charge on any atom is -0.325 e. The van der Waals surface area contributed by atoms with Crippen molar-refractivity contribution in [1.82, 2.24) is 4.90 Å². The highest BCUT2D eigenvalue weighted by Gasteiger charge is 2.08.